The molecule has 0 amide bonds. The molecule has 88 heavy (non-hydrogen) atoms. The number of anilines is 1. The van der Waals surface area contributed by atoms with Crippen LogP contribution in [0.5, 0.6) is 0 Å². The predicted octanol–water partition coefficient (Wildman–Crippen LogP) is 1.46. The number of nitrogens with one attached hydrogen (secondary N) is 1. The van der Waals surface area contributed by atoms with Gasteiger partial charge >= 0.3 is 11.4 Å². The molecule has 13 heterocycles. The zero-order chi connectivity index (χ0) is 62.8. The Bertz CT molecular complexity index is 3630. The highest BCUT2D eigenvalue weighted by Gasteiger charge is 2.54. The fourth-order valence-electron chi connectivity index (χ4n) is 10.2. The number of hydrogen-bond donors (Lipinski definition) is 9. The molecule has 0 aromatic carbocycles. The van der Waals surface area contributed by atoms with Gasteiger partial charge in [0.25, 0.3) is 0 Å². The molecular weight excluding hydrogens is 1380 g/mol. The van der Waals surface area contributed by atoms with E-state index >= 15 is 0 Å². The number of aliphatic hydroxyl groups is 8. The molecule has 33 nitrogen and oxygen atoms in total. The molecule has 8 aromatic heterocycles. The molecule has 9 N–H and O–H groups in total. The average molecular weight is 1430 g/mol. The number of fused-ring (bicyclic) bond motifs is 5. The van der Waals surface area contributed by atoms with Crippen LogP contribution in [0.4, 0.5) is 5.82 Å². The maximum absolute atomic E-state index is 11.4. The molecule has 5 aliphatic heterocycles. The first-order chi connectivity index (χ1) is 42.3. The van der Waals surface area contributed by atoms with Gasteiger partial charge in [0.05, 0.1) is 61.7 Å². The van der Waals surface area contributed by atoms with Gasteiger partial charge in [-0.15, -0.1) is 34.8 Å². The lowest BCUT2D eigenvalue weighted by Gasteiger charge is -2.18. The third-order valence-electron chi connectivity index (χ3n) is 14.5. The number of ether oxygens (including phenoxy) is 4. The molecule has 8 aromatic rings. The number of halogens is 8. The molecule has 19 atom stereocenters. The Hall–Kier alpha value is -3.94. The maximum Gasteiger partial charge on any atom is 0.305 e. The van der Waals surface area contributed by atoms with Gasteiger partial charge in [-0.25, -0.2) is 64.0 Å². The van der Waals surface area contributed by atoms with Gasteiger partial charge in [0.15, 0.2) is 80.4 Å². The van der Waals surface area contributed by atoms with Gasteiger partial charge in [0, 0.05) is 21.4 Å². The second kappa shape index (κ2) is 29.3. The second-order valence-corrected chi connectivity index (χ2v) is 24.9. The Morgan fingerprint density at radius 3 is 1.25 bits per heavy atom. The first kappa shape index (κ1) is 67.0. The molecule has 43 heteroatoms. The predicted molar refractivity (Wildman–Crippen MR) is 312 cm³/mol. The molecule has 1 aliphatic carbocycles. The highest BCUT2D eigenvalue weighted by molar-refractivity contribution is 8.26. The molecule has 0 spiro atoms. The lowest BCUT2D eigenvalue weighted by Crippen LogP contribution is -2.33. The highest BCUT2D eigenvalue weighted by atomic mass is 36.0. The van der Waals surface area contributed by atoms with Crippen LogP contribution in [0.1, 0.15) is 44.2 Å². The van der Waals surface area contributed by atoms with Crippen molar-refractivity contribution >= 4 is 162 Å². The topological polar surface area (TPSA) is 438 Å². The normalized spacial score (nSPS) is 32.4. The third kappa shape index (κ3) is 13.7. The summed E-state index contributed by atoms with van der Waals surface area (Å²) >= 11 is 33.2. The van der Waals surface area contributed by atoms with Crippen molar-refractivity contribution in [3.8, 4) is 0 Å². The van der Waals surface area contributed by atoms with E-state index in [1.165, 1.54) is 59.8 Å². The molecule has 0 bridgehead atoms. The third-order valence-corrected chi connectivity index (χ3v) is 17.0. The van der Waals surface area contributed by atoms with E-state index in [0.29, 0.717) is 50.5 Å². The van der Waals surface area contributed by atoms with E-state index in [0.717, 1.165) is 19.3 Å². The van der Waals surface area contributed by atoms with Crippen molar-refractivity contribution in [2.24, 2.45) is 0 Å². The molecule has 0 radical (unpaired) electrons. The van der Waals surface area contributed by atoms with Crippen molar-refractivity contribution in [1.29, 1.82) is 0 Å². The zero-order valence-electron chi connectivity index (χ0n) is 44.3. The number of alkyl halides is 3. The van der Waals surface area contributed by atoms with E-state index < -0.39 is 131 Å². The summed E-state index contributed by atoms with van der Waals surface area (Å²) in [5.41, 5.74) is 3.52. The molecule has 3 unspecified atom stereocenters. The van der Waals surface area contributed by atoms with Crippen LogP contribution in [0.3, 0.4) is 0 Å². The van der Waals surface area contributed by atoms with Crippen molar-refractivity contribution in [2.45, 2.75) is 130 Å². The fraction of sp³-hybridized carbons (Fsp3) is 0.556. The van der Waals surface area contributed by atoms with Gasteiger partial charge in [-0.2, -0.15) is 4.21 Å². The first-order valence-corrected chi connectivity index (χ1v) is 32.4. The Morgan fingerprint density at radius 2 is 0.864 bits per heavy atom. The fourth-order valence-corrected chi connectivity index (χ4v) is 12.4. The summed E-state index contributed by atoms with van der Waals surface area (Å²) in [7, 11) is 7.36. The van der Waals surface area contributed by atoms with Crippen molar-refractivity contribution < 1.29 is 76.6 Å². The Labute approximate surface area is 538 Å². The quantitative estimate of drug-likeness (QED) is 0.0531. The number of rotatable bonds is 10. The van der Waals surface area contributed by atoms with Crippen molar-refractivity contribution in [2.75, 3.05) is 29.6 Å². The molecular formula is C45H49Cl8N17O16S2. The average Bonchev–Trinajstić information content (AvgIpc) is 1.93. The van der Waals surface area contributed by atoms with E-state index in [-0.39, 0.29) is 39.1 Å². The van der Waals surface area contributed by atoms with Gasteiger partial charge in [-0.3, -0.25) is 26.6 Å². The van der Waals surface area contributed by atoms with Crippen molar-refractivity contribution in [1.82, 2.24) is 78.1 Å². The minimum atomic E-state index is -1.81. The lowest BCUT2D eigenvalue weighted by atomic mass is 10.1. The molecule has 14 rings (SSSR count). The monoisotopic (exact) mass is 1430 g/mol. The number of aromatic nitrogens is 16. The molecule has 6 aliphatic rings. The Balaban J connectivity index is 0.000000128. The van der Waals surface area contributed by atoms with Gasteiger partial charge in [0.2, 0.25) is 9.23 Å². The highest BCUT2D eigenvalue weighted by Crippen LogP contribution is 2.41. The van der Waals surface area contributed by atoms with E-state index in [4.69, 9.17) is 106 Å². The number of aliphatic hydroxyl groups excluding tert-OH is 8. The van der Waals surface area contributed by atoms with Crippen molar-refractivity contribution in [3.63, 3.8) is 0 Å². The maximum atomic E-state index is 11.4. The van der Waals surface area contributed by atoms with Crippen LogP contribution >= 0.6 is 91.0 Å². The summed E-state index contributed by atoms with van der Waals surface area (Å²) in [6, 6.07) is -0.0704. The van der Waals surface area contributed by atoms with E-state index in [1.807, 2.05) is 0 Å². The minimum Gasteiger partial charge on any atom is -0.394 e. The van der Waals surface area contributed by atoms with Crippen LogP contribution in [0, 0.1) is 0 Å². The lowest BCUT2D eigenvalue weighted by molar-refractivity contribution is -0.0511. The van der Waals surface area contributed by atoms with E-state index in [2.05, 4.69) is 86.5 Å². The van der Waals surface area contributed by atoms with E-state index in [9.17, 15) is 40.0 Å². The molecule has 478 valence electrons. The first-order valence-electron chi connectivity index (χ1n) is 25.9. The van der Waals surface area contributed by atoms with E-state index in [1.54, 1.807) is 9.13 Å². The number of hydrogen-bond acceptors (Lipinski definition) is 29. The van der Waals surface area contributed by atoms with Crippen LogP contribution in [0.15, 0.2) is 50.6 Å². The number of nitrogens with zero attached hydrogens (tertiary/aromatic N) is 16. The van der Waals surface area contributed by atoms with Crippen LogP contribution in [0.25, 0.3) is 44.7 Å². The van der Waals surface area contributed by atoms with Crippen LogP contribution in [-0.2, 0) is 47.9 Å². The van der Waals surface area contributed by atoms with Crippen LogP contribution in [0.2, 0.25) is 15.5 Å². The van der Waals surface area contributed by atoms with Gasteiger partial charge in [0.1, 0.15) is 109 Å². The minimum absolute atomic E-state index is 0.0704. The van der Waals surface area contributed by atoms with Gasteiger partial charge in [-0.1, -0.05) is 34.8 Å². The summed E-state index contributed by atoms with van der Waals surface area (Å²) < 4.78 is 59.6. The second-order valence-electron chi connectivity index (χ2n) is 19.6. The Kier molecular flexibility index (Phi) is 22.3. The van der Waals surface area contributed by atoms with Crippen molar-refractivity contribution in [3.05, 3.63) is 66.1 Å². The summed E-state index contributed by atoms with van der Waals surface area (Å²) in [4.78, 5) is 48.8. The summed E-state index contributed by atoms with van der Waals surface area (Å²) in [6.07, 6.45) is -0.210. The summed E-state index contributed by atoms with van der Waals surface area (Å²) in [5, 5.41) is 82.7. The van der Waals surface area contributed by atoms with Crippen LogP contribution in [-0.4, -0.2) is 237 Å². The molecule has 6 fully saturated rings. The summed E-state index contributed by atoms with van der Waals surface area (Å²) in [5.74, 6) is 0.872. The molecule has 1 saturated carbocycles. The number of imidazole rings is 4. The SMILES string of the molecule is O=S(Cl)Cl.O=S1O[C@@H]2[C@H](O1)[C@@H](CCl)O[C@H]2n1cnc2c(Cl)ncnc21.OC1CCCC1Nc1ncnc2c1ncn2[C@@H]1O[C@H](CCl)[C@@H](O)[C@H]1O.OC[C@H]1O[C@@H](n2cnc3c(Cl)ncnc32)[C@H](O)[C@@H]1O.O[C@@H]1[C@H](O)[C@@H](CCl)O[C@H]1n1cnc2c(Cl)ncnc21. The largest absolute Gasteiger partial charge is 0.394 e. The summed E-state index contributed by atoms with van der Waals surface area (Å²) in [6.45, 7) is -0.392. The zero-order valence-corrected chi connectivity index (χ0v) is 52.0. The smallest absolute Gasteiger partial charge is 0.305 e. The van der Waals surface area contributed by atoms with Gasteiger partial charge in [-0.05, 0) is 19.3 Å². The van der Waals surface area contributed by atoms with Crippen LogP contribution < -0.4 is 5.32 Å². The molecule has 5 saturated heterocycles. The van der Waals surface area contributed by atoms with Gasteiger partial charge < -0.3 is 65.1 Å². The Morgan fingerprint density at radius 1 is 0.500 bits per heavy atom. The standard InChI is InChI=1S/C15H20ClN5O4.C10H8Cl2N4O4S.C10H10Cl2N4O3.C10H11ClN4O4.Cl2OS/c16-4-9-11(23)12(24)15(25-9)21-6-19-10-13(17-5-18-14(10)21)20-7-2-1-3-8(7)22;11-1-4-6-7(20-21(17)19-6)10(18-4)16-3-15-5-8(12)13-2-14-9(5)16;11-1-4-6(17)7(18)10(19-4)16-3-15-5-8(12)13-2-14-9(5)16;11-8-5-9(13-2-12-8)15(3-14-5)10-7(18)6(17)4(1-16)19-10;1-4(2)3/h5-9,11-12,15,22-24H,1-4H2,(H,17,18,20);2-4,6-7,10H,1H2;2-4,6-7,10,17-18H,1H2;2-4,6-7,10,16-18H,1H2;/t7?,8?,9-,11-,12-,15-;4-,6-,7-,10-,21?;2*4-,6-,7-,10-;/m1111./s1.